The molecule has 0 aliphatic rings. The highest BCUT2D eigenvalue weighted by molar-refractivity contribution is 5.99. The summed E-state index contributed by atoms with van der Waals surface area (Å²) in [5.74, 6) is -0.630. The lowest BCUT2D eigenvalue weighted by atomic mass is 10.3. The van der Waals surface area contributed by atoms with Gasteiger partial charge in [-0.1, -0.05) is 0 Å². The first-order valence-electron chi connectivity index (χ1n) is 5.46. The maximum absolute atomic E-state index is 11.8. The summed E-state index contributed by atoms with van der Waals surface area (Å²) in [5, 5.41) is 9.02. The van der Waals surface area contributed by atoms with Gasteiger partial charge in [0.15, 0.2) is 0 Å². The highest BCUT2D eigenvalue weighted by Crippen LogP contribution is 2.09. The van der Waals surface area contributed by atoms with Crippen molar-refractivity contribution in [3.63, 3.8) is 0 Å². The summed E-state index contributed by atoms with van der Waals surface area (Å²) < 4.78 is 1.49. The van der Waals surface area contributed by atoms with E-state index in [2.05, 4.69) is 15.7 Å². The number of aryl methyl sites for hydroxylation is 1. The first-order chi connectivity index (χ1) is 8.10. The smallest absolute Gasteiger partial charge is 0.272 e. The average molecular weight is 239 g/mol. The van der Waals surface area contributed by atoms with Gasteiger partial charge in [-0.2, -0.15) is 5.10 Å². The van der Waals surface area contributed by atoms with Crippen LogP contribution in [0.4, 0.5) is 5.69 Å². The molecule has 0 radical (unpaired) electrons. The minimum Gasteiger partial charge on any atom is -0.396 e. The zero-order chi connectivity index (χ0) is 12.8. The highest BCUT2D eigenvalue weighted by atomic mass is 16.2. The van der Waals surface area contributed by atoms with Crippen LogP contribution in [0, 0.1) is 0 Å². The predicted molar refractivity (Wildman–Crippen MR) is 63.3 cm³/mol. The van der Waals surface area contributed by atoms with Gasteiger partial charge in [0.25, 0.3) is 5.91 Å². The number of carbonyl (C=O) groups is 2. The molecule has 0 aliphatic carbocycles. The van der Waals surface area contributed by atoms with Crippen LogP contribution in [0.1, 0.15) is 24.3 Å². The molecule has 0 aliphatic heterocycles. The summed E-state index contributed by atoms with van der Waals surface area (Å²) in [6.07, 6.45) is 1.42. The second kappa shape index (κ2) is 5.88. The Labute approximate surface area is 99.4 Å². The first kappa shape index (κ1) is 13.0. The van der Waals surface area contributed by atoms with Crippen molar-refractivity contribution in [3.8, 4) is 0 Å². The van der Waals surface area contributed by atoms with Crippen LogP contribution >= 0.6 is 0 Å². The average Bonchev–Trinajstić information content (AvgIpc) is 2.68. The van der Waals surface area contributed by atoms with Crippen molar-refractivity contribution in [1.82, 2.24) is 20.4 Å². The van der Waals surface area contributed by atoms with E-state index >= 15 is 0 Å². The zero-order valence-corrected chi connectivity index (χ0v) is 9.99. The number of nitrogens with two attached hydrogens (primary N) is 1. The van der Waals surface area contributed by atoms with Crippen molar-refractivity contribution in [3.05, 3.63) is 11.9 Å². The molecule has 1 aromatic rings. The standard InChI is InChI=1S/C10H17N5O2/c1-3-12-8(16)6-13-10(17)9-7(11)5-14-15(9)4-2/h5H,3-4,6,11H2,1-2H3,(H,12,16)(H,13,17). The number of carbonyl (C=O) groups excluding carboxylic acids is 2. The van der Waals surface area contributed by atoms with Gasteiger partial charge in [0.1, 0.15) is 5.69 Å². The Balaban J connectivity index is 2.63. The lowest BCUT2D eigenvalue weighted by Gasteiger charge is -2.07. The SMILES string of the molecule is CCNC(=O)CNC(=O)c1c(N)cnn1CC. The fraction of sp³-hybridized carbons (Fsp3) is 0.500. The van der Waals surface area contributed by atoms with Gasteiger partial charge in [-0.25, -0.2) is 0 Å². The highest BCUT2D eigenvalue weighted by Gasteiger charge is 2.16. The Morgan fingerprint density at radius 2 is 2.12 bits per heavy atom. The topological polar surface area (TPSA) is 102 Å². The van der Waals surface area contributed by atoms with Crippen LogP contribution < -0.4 is 16.4 Å². The van der Waals surface area contributed by atoms with E-state index in [0.29, 0.717) is 18.8 Å². The van der Waals surface area contributed by atoms with E-state index in [1.807, 2.05) is 13.8 Å². The van der Waals surface area contributed by atoms with Crippen LogP contribution in [0.3, 0.4) is 0 Å². The van der Waals surface area contributed by atoms with Crippen LogP contribution in [0.5, 0.6) is 0 Å². The number of amides is 2. The number of hydrogen-bond acceptors (Lipinski definition) is 4. The van der Waals surface area contributed by atoms with Gasteiger partial charge >= 0.3 is 0 Å². The molecule has 4 N–H and O–H groups in total. The number of anilines is 1. The van der Waals surface area contributed by atoms with Crippen LogP contribution in [-0.2, 0) is 11.3 Å². The zero-order valence-electron chi connectivity index (χ0n) is 9.99. The maximum atomic E-state index is 11.8. The number of nitrogens with one attached hydrogen (secondary N) is 2. The molecular weight excluding hydrogens is 222 g/mol. The van der Waals surface area contributed by atoms with E-state index in [4.69, 9.17) is 5.73 Å². The molecule has 7 heteroatoms. The largest absolute Gasteiger partial charge is 0.396 e. The van der Waals surface area contributed by atoms with Gasteiger partial charge in [-0.15, -0.1) is 0 Å². The third-order valence-corrected chi connectivity index (χ3v) is 2.17. The number of nitrogen functional groups attached to an aromatic ring is 1. The van der Waals surface area contributed by atoms with Crippen LogP contribution in [0.25, 0.3) is 0 Å². The summed E-state index contributed by atoms with van der Waals surface area (Å²) in [4.78, 5) is 23.0. The van der Waals surface area contributed by atoms with Gasteiger partial charge in [0.2, 0.25) is 5.91 Å². The lowest BCUT2D eigenvalue weighted by molar-refractivity contribution is -0.120. The van der Waals surface area contributed by atoms with Crippen molar-refractivity contribution in [1.29, 1.82) is 0 Å². The Morgan fingerprint density at radius 1 is 1.41 bits per heavy atom. The quantitative estimate of drug-likeness (QED) is 0.635. The number of aromatic nitrogens is 2. The fourth-order valence-electron chi connectivity index (χ4n) is 1.39. The molecule has 1 heterocycles. The molecule has 0 bridgehead atoms. The monoisotopic (exact) mass is 239 g/mol. The second-order valence-corrected chi connectivity index (χ2v) is 3.40. The molecule has 17 heavy (non-hydrogen) atoms. The third-order valence-electron chi connectivity index (χ3n) is 2.17. The second-order valence-electron chi connectivity index (χ2n) is 3.40. The minimum absolute atomic E-state index is 0.0684. The fourth-order valence-corrected chi connectivity index (χ4v) is 1.39. The number of hydrogen-bond donors (Lipinski definition) is 3. The van der Waals surface area contributed by atoms with Crippen molar-refractivity contribution in [2.45, 2.75) is 20.4 Å². The van der Waals surface area contributed by atoms with Gasteiger partial charge in [-0.3, -0.25) is 14.3 Å². The Bertz CT molecular complexity index is 413. The first-order valence-corrected chi connectivity index (χ1v) is 5.46. The normalized spacial score (nSPS) is 10.0. The molecule has 0 unspecified atom stereocenters. The summed E-state index contributed by atoms with van der Waals surface area (Å²) in [6, 6.07) is 0. The predicted octanol–water partition coefficient (Wildman–Crippen LogP) is -0.649. The molecule has 0 atom stereocenters. The molecule has 0 saturated heterocycles. The summed E-state index contributed by atoms with van der Waals surface area (Å²) in [5.41, 5.74) is 6.23. The third kappa shape index (κ3) is 3.20. The van der Waals surface area contributed by atoms with Gasteiger partial charge in [0.05, 0.1) is 18.4 Å². The van der Waals surface area contributed by atoms with E-state index in [0.717, 1.165) is 0 Å². The molecule has 0 spiro atoms. The van der Waals surface area contributed by atoms with E-state index in [-0.39, 0.29) is 18.1 Å². The van der Waals surface area contributed by atoms with E-state index < -0.39 is 5.91 Å². The molecule has 1 rings (SSSR count). The molecule has 0 saturated carbocycles. The molecule has 2 amide bonds. The maximum Gasteiger partial charge on any atom is 0.272 e. The summed E-state index contributed by atoms with van der Waals surface area (Å²) in [7, 11) is 0. The number of nitrogens with zero attached hydrogens (tertiary/aromatic N) is 2. The lowest BCUT2D eigenvalue weighted by Crippen LogP contribution is -2.37. The van der Waals surface area contributed by atoms with Crippen LogP contribution in [0.2, 0.25) is 0 Å². The molecule has 94 valence electrons. The molecule has 0 aromatic carbocycles. The number of rotatable bonds is 5. The van der Waals surface area contributed by atoms with Crippen molar-refractivity contribution in [2.75, 3.05) is 18.8 Å². The van der Waals surface area contributed by atoms with Gasteiger partial charge in [0, 0.05) is 13.1 Å². The summed E-state index contributed by atoms with van der Waals surface area (Å²) >= 11 is 0. The molecule has 0 fully saturated rings. The Hall–Kier alpha value is -2.05. The molecular formula is C10H17N5O2. The van der Waals surface area contributed by atoms with Crippen molar-refractivity contribution >= 4 is 17.5 Å². The number of likely N-dealkylation sites (N-methyl/N-ethyl adjacent to an activating group) is 1. The van der Waals surface area contributed by atoms with Crippen molar-refractivity contribution in [2.24, 2.45) is 0 Å². The van der Waals surface area contributed by atoms with Gasteiger partial charge in [-0.05, 0) is 13.8 Å². The molecule has 7 nitrogen and oxygen atoms in total. The van der Waals surface area contributed by atoms with Crippen molar-refractivity contribution < 1.29 is 9.59 Å². The van der Waals surface area contributed by atoms with Gasteiger partial charge < -0.3 is 16.4 Å². The Kier molecular flexibility index (Phi) is 4.50. The summed E-state index contributed by atoms with van der Waals surface area (Å²) in [6.45, 7) is 4.67. The van der Waals surface area contributed by atoms with Crippen LogP contribution in [0.15, 0.2) is 6.20 Å². The van der Waals surface area contributed by atoms with Crippen LogP contribution in [-0.4, -0.2) is 34.7 Å². The van der Waals surface area contributed by atoms with E-state index in [1.165, 1.54) is 10.9 Å². The minimum atomic E-state index is -0.395. The van der Waals surface area contributed by atoms with E-state index in [1.54, 1.807) is 0 Å². The Morgan fingerprint density at radius 3 is 2.71 bits per heavy atom. The molecule has 1 aromatic heterocycles. The van der Waals surface area contributed by atoms with E-state index in [9.17, 15) is 9.59 Å².